The van der Waals surface area contributed by atoms with Gasteiger partial charge in [-0.1, -0.05) is 17.4 Å². The van der Waals surface area contributed by atoms with Gasteiger partial charge in [-0.3, -0.25) is 19.9 Å². The Morgan fingerprint density at radius 3 is 2.61 bits per heavy atom. The van der Waals surface area contributed by atoms with Crippen LogP contribution in [0.4, 0.5) is 5.13 Å². The number of methoxy groups -OCH3 is 2. The number of carbonyl (C=O) groups is 3. The van der Waals surface area contributed by atoms with E-state index in [1.807, 2.05) is 0 Å². The highest BCUT2D eigenvalue weighted by molar-refractivity contribution is 7.17. The van der Waals surface area contributed by atoms with Gasteiger partial charge in [0, 0.05) is 6.20 Å². The summed E-state index contributed by atoms with van der Waals surface area (Å²) in [7, 11) is 2.45. The SMILES string of the molecule is COC(=O)Cc1nc(NC(=O)c2ccccn2)sc1C(=O)OC. The lowest BCUT2D eigenvalue weighted by atomic mass is 10.3. The van der Waals surface area contributed by atoms with E-state index in [0.29, 0.717) is 0 Å². The number of anilines is 1. The summed E-state index contributed by atoms with van der Waals surface area (Å²) in [5.41, 5.74) is 0.391. The van der Waals surface area contributed by atoms with Crippen LogP contribution in [0.5, 0.6) is 0 Å². The average Bonchev–Trinajstić information content (AvgIpc) is 2.96. The number of carbonyl (C=O) groups excluding carboxylic acids is 3. The van der Waals surface area contributed by atoms with Crippen LogP contribution in [0.15, 0.2) is 24.4 Å². The Balaban J connectivity index is 2.24. The summed E-state index contributed by atoms with van der Waals surface area (Å²) in [5.74, 6) is -1.66. The zero-order valence-electron chi connectivity index (χ0n) is 12.4. The Kier molecular flexibility index (Phi) is 5.36. The minimum atomic E-state index is -0.639. The van der Waals surface area contributed by atoms with Crippen LogP contribution in [0.25, 0.3) is 0 Å². The third-order valence-corrected chi connectivity index (χ3v) is 3.72. The van der Waals surface area contributed by atoms with Gasteiger partial charge in [0.25, 0.3) is 5.91 Å². The molecule has 2 heterocycles. The number of pyridine rings is 1. The second-order valence-electron chi connectivity index (χ2n) is 4.21. The molecule has 1 N–H and O–H groups in total. The number of rotatable bonds is 5. The van der Waals surface area contributed by atoms with Crippen molar-refractivity contribution in [3.8, 4) is 0 Å². The number of hydrogen-bond donors (Lipinski definition) is 1. The van der Waals surface area contributed by atoms with Crippen molar-refractivity contribution in [2.45, 2.75) is 6.42 Å². The molecule has 2 rings (SSSR count). The van der Waals surface area contributed by atoms with Gasteiger partial charge in [-0.2, -0.15) is 0 Å². The Bertz CT molecular complexity index is 729. The van der Waals surface area contributed by atoms with Crippen molar-refractivity contribution in [1.29, 1.82) is 0 Å². The fourth-order valence-corrected chi connectivity index (χ4v) is 2.54. The molecule has 120 valence electrons. The number of ether oxygens (including phenoxy) is 2. The van der Waals surface area contributed by atoms with Crippen molar-refractivity contribution in [1.82, 2.24) is 9.97 Å². The number of aromatic nitrogens is 2. The number of amides is 1. The molecule has 0 saturated heterocycles. The van der Waals surface area contributed by atoms with E-state index in [0.717, 1.165) is 11.3 Å². The molecule has 8 nitrogen and oxygen atoms in total. The molecule has 9 heteroatoms. The summed E-state index contributed by atoms with van der Waals surface area (Å²) >= 11 is 0.915. The van der Waals surface area contributed by atoms with Gasteiger partial charge < -0.3 is 9.47 Å². The predicted molar refractivity (Wildman–Crippen MR) is 81.4 cm³/mol. The topological polar surface area (TPSA) is 107 Å². The molecule has 1 amide bonds. The number of nitrogens with one attached hydrogen (secondary N) is 1. The Labute approximate surface area is 135 Å². The predicted octanol–water partition coefficient (Wildman–Crippen LogP) is 1.29. The molecule has 2 aromatic heterocycles. The van der Waals surface area contributed by atoms with Crippen LogP contribution in [0, 0.1) is 0 Å². The second kappa shape index (κ2) is 7.45. The summed E-state index contributed by atoms with van der Waals surface area (Å²) in [6, 6.07) is 4.90. The van der Waals surface area contributed by atoms with Gasteiger partial charge in [-0.25, -0.2) is 9.78 Å². The largest absolute Gasteiger partial charge is 0.469 e. The van der Waals surface area contributed by atoms with Gasteiger partial charge in [0.1, 0.15) is 10.6 Å². The van der Waals surface area contributed by atoms with Gasteiger partial charge in [0.2, 0.25) is 0 Å². The molecular formula is C14H13N3O5S. The van der Waals surface area contributed by atoms with Gasteiger partial charge in [0.15, 0.2) is 5.13 Å². The molecule has 0 saturated carbocycles. The quantitative estimate of drug-likeness (QED) is 0.820. The van der Waals surface area contributed by atoms with Crippen LogP contribution in [0.1, 0.15) is 25.9 Å². The number of hydrogen-bond acceptors (Lipinski definition) is 8. The number of nitrogens with zero attached hydrogens (tertiary/aromatic N) is 2. The first-order valence-corrected chi connectivity index (χ1v) is 7.24. The molecule has 0 radical (unpaired) electrons. The maximum atomic E-state index is 12.0. The summed E-state index contributed by atoms with van der Waals surface area (Å²) in [5, 5.41) is 2.70. The molecular weight excluding hydrogens is 322 g/mol. The van der Waals surface area contributed by atoms with Crippen LogP contribution in [-0.4, -0.2) is 42.0 Å². The lowest BCUT2D eigenvalue weighted by Gasteiger charge is -1.99. The Morgan fingerprint density at radius 1 is 1.22 bits per heavy atom. The maximum absolute atomic E-state index is 12.0. The van der Waals surface area contributed by atoms with Crippen molar-refractivity contribution in [3.63, 3.8) is 0 Å². The highest BCUT2D eigenvalue weighted by Gasteiger charge is 2.22. The van der Waals surface area contributed by atoms with E-state index < -0.39 is 17.8 Å². The van der Waals surface area contributed by atoms with Gasteiger partial charge in [-0.15, -0.1) is 0 Å². The second-order valence-corrected chi connectivity index (χ2v) is 5.21. The fraction of sp³-hybridized carbons (Fsp3) is 0.214. The van der Waals surface area contributed by atoms with Gasteiger partial charge >= 0.3 is 11.9 Å². The van der Waals surface area contributed by atoms with Crippen LogP contribution in [0.3, 0.4) is 0 Å². The van der Waals surface area contributed by atoms with Crippen LogP contribution < -0.4 is 5.32 Å². The van der Waals surface area contributed by atoms with Crippen LogP contribution >= 0.6 is 11.3 Å². The van der Waals surface area contributed by atoms with Crippen molar-refractivity contribution in [3.05, 3.63) is 40.7 Å². The molecule has 0 spiro atoms. The molecule has 2 aromatic rings. The summed E-state index contributed by atoms with van der Waals surface area (Å²) < 4.78 is 9.21. The molecule has 0 atom stereocenters. The third kappa shape index (κ3) is 4.10. The van der Waals surface area contributed by atoms with Crippen LogP contribution in [0.2, 0.25) is 0 Å². The van der Waals surface area contributed by atoms with E-state index in [1.165, 1.54) is 20.4 Å². The van der Waals surface area contributed by atoms with E-state index in [1.54, 1.807) is 18.2 Å². The number of thiazole rings is 1. The first-order valence-electron chi connectivity index (χ1n) is 6.42. The monoisotopic (exact) mass is 335 g/mol. The van der Waals surface area contributed by atoms with Crippen molar-refractivity contribution >= 4 is 34.3 Å². The maximum Gasteiger partial charge on any atom is 0.350 e. The summed E-state index contributed by atoms with van der Waals surface area (Å²) in [6.45, 7) is 0. The molecule has 0 aliphatic rings. The van der Waals surface area contributed by atoms with Crippen molar-refractivity contribution < 1.29 is 23.9 Å². The zero-order valence-corrected chi connectivity index (χ0v) is 13.2. The first kappa shape index (κ1) is 16.6. The molecule has 23 heavy (non-hydrogen) atoms. The lowest BCUT2D eigenvalue weighted by Crippen LogP contribution is -2.13. The van der Waals surface area contributed by atoms with Gasteiger partial charge in [0.05, 0.1) is 26.3 Å². The smallest absolute Gasteiger partial charge is 0.350 e. The lowest BCUT2D eigenvalue weighted by molar-refractivity contribution is -0.139. The third-order valence-electron chi connectivity index (χ3n) is 2.73. The summed E-state index contributed by atoms with van der Waals surface area (Å²) in [6.07, 6.45) is 1.29. The molecule has 0 aromatic carbocycles. The van der Waals surface area contributed by atoms with E-state index in [9.17, 15) is 14.4 Å². The normalized spacial score (nSPS) is 10.0. The van der Waals surface area contributed by atoms with E-state index in [-0.39, 0.29) is 27.8 Å². The Morgan fingerprint density at radius 2 is 2.00 bits per heavy atom. The highest BCUT2D eigenvalue weighted by atomic mass is 32.1. The van der Waals surface area contributed by atoms with Crippen molar-refractivity contribution in [2.75, 3.05) is 19.5 Å². The minimum absolute atomic E-state index is 0.134. The molecule has 0 fully saturated rings. The molecule has 0 unspecified atom stereocenters. The summed E-state index contributed by atoms with van der Waals surface area (Å²) in [4.78, 5) is 43.3. The average molecular weight is 335 g/mol. The van der Waals surface area contributed by atoms with Gasteiger partial charge in [-0.05, 0) is 12.1 Å². The van der Waals surface area contributed by atoms with Crippen LogP contribution in [-0.2, 0) is 20.7 Å². The molecule has 0 aliphatic heterocycles. The van der Waals surface area contributed by atoms with Crippen molar-refractivity contribution in [2.24, 2.45) is 0 Å². The highest BCUT2D eigenvalue weighted by Crippen LogP contribution is 2.25. The number of esters is 2. The standard InChI is InChI=1S/C14H13N3O5S/c1-21-10(18)7-9-11(13(20)22-2)23-14(16-9)17-12(19)8-5-3-4-6-15-8/h3-6H,7H2,1-2H3,(H,16,17,19). The van der Waals surface area contributed by atoms with E-state index in [4.69, 9.17) is 0 Å². The van der Waals surface area contributed by atoms with E-state index in [2.05, 4.69) is 24.8 Å². The first-order chi connectivity index (χ1) is 11.0. The fourth-order valence-electron chi connectivity index (χ4n) is 1.64. The molecule has 0 aliphatic carbocycles. The minimum Gasteiger partial charge on any atom is -0.469 e. The van der Waals surface area contributed by atoms with E-state index >= 15 is 0 Å². The molecule has 0 bridgehead atoms. The Hall–Kier alpha value is -2.81. The zero-order chi connectivity index (χ0) is 16.8.